The van der Waals surface area contributed by atoms with Gasteiger partial charge in [0.15, 0.2) is 14.4 Å². The van der Waals surface area contributed by atoms with Crippen LogP contribution in [0.1, 0.15) is 43.9 Å². The van der Waals surface area contributed by atoms with E-state index in [4.69, 9.17) is 24.2 Å². The van der Waals surface area contributed by atoms with E-state index in [1.807, 2.05) is 24.3 Å². The number of primary amides is 1. The summed E-state index contributed by atoms with van der Waals surface area (Å²) in [6, 6.07) is 9.31. The van der Waals surface area contributed by atoms with Crippen molar-refractivity contribution < 1.29 is 23.2 Å². The Morgan fingerprint density at radius 2 is 1.90 bits per heavy atom. The lowest BCUT2D eigenvalue weighted by Crippen LogP contribution is -2.41. The molecule has 2 N–H and O–H groups in total. The molecule has 0 saturated heterocycles. The average molecular weight is 421 g/mol. The van der Waals surface area contributed by atoms with Gasteiger partial charge in [-0.05, 0) is 35.8 Å². The largest absolute Gasteiger partial charge is 0.497 e. The molecule has 0 aliphatic carbocycles. The maximum absolute atomic E-state index is 11.4. The van der Waals surface area contributed by atoms with Gasteiger partial charge in [0.1, 0.15) is 17.2 Å². The molecule has 2 rings (SSSR count). The number of methoxy groups -OCH3 is 1. The molecule has 0 fully saturated rings. The third kappa shape index (κ3) is 6.61. The standard InChI is InChI=1S/C21H32N2O5Si/c1-21(2,3)29(5,6)26-12-11-17-14-18(23-28-17)19(27-20(22)24)13-15-7-9-16(25-4)10-8-15/h7-10,14,19H,11-13H2,1-6H3,(H2,22,24)/t19-/m0/s1. The summed E-state index contributed by atoms with van der Waals surface area (Å²) in [5, 5.41) is 4.24. The van der Waals surface area contributed by atoms with Crippen molar-refractivity contribution in [1.29, 1.82) is 0 Å². The number of nitrogens with two attached hydrogens (primary N) is 1. The normalized spacial score (nSPS) is 13.2. The molecule has 7 nitrogen and oxygen atoms in total. The molecule has 0 aliphatic rings. The van der Waals surface area contributed by atoms with Gasteiger partial charge in [0, 0.05) is 25.5 Å². The van der Waals surface area contributed by atoms with Crippen LogP contribution in [0.5, 0.6) is 5.75 Å². The summed E-state index contributed by atoms with van der Waals surface area (Å²) in [6.45, 7) is 11.6. The van der Waals surface area contributed by atoms with Gasteiger partial charge in [0.25, 0.3) is 0 Å². The molecule has 0 spiro atoms. The Hall–Kier alpha value is -2.32. The highest BCUT2D eigenvalue weighted by molar-refractivity contribution is 6.74. The third-order valence-corrected chi connectivity index (χ3v) is 9.90. The molecule has 0 radical (unpaired) electrons. The number of aromatic nitrogens is 1. The number of benzene rings is 1. The lowest BCUT2D eigenvalue weighted by atomic mass is 10.0. The fraction of sp³-hybridized carbons (Fsp3) is 0.524. The van der Waals surface area contributed by atoms with E-state index >= 15 is 0 Å². The van der Waals surface area contributed by atoms with Crippen LogP contribution in [0.3, 0.4) is 0 Å². The van der Waals surface area contributed by atoms with Gasteiger partial charge in [-0.3, -0.25) is 0 Å². The summed E-state index contributed by atoms with van der Waals surface area (Å²) >= 11 is 0. The van der Waals surface area contributed by atoms with Crippen molar-refractivity contribution in [3.63, 3.8) is 0 Å². The van der Waals surface area contributed by atoms with Crippen LogP contribution in [0, 0.1) is 0 Å². The van der Waals surface area contributed by atoms with Crippen LogP contribution in [-0.2, 0) is 22.0 Å². The van der Waals surface area contributed by atoms with Crippen molar-refractivity contribution in [3.8, 4) is 5.75 Å². The number of carbonyl (C=O) groups is 1. The van der Waals surface area contributed by atoms with E-state index in [0.29, 0.717) is 30.9 Å². The van der Waals surface area contributed by atoms with Crippen LogP contribution in [0.4, 0.5) is 4.79 Å². The maximum atomic E-state index is 11.4. The van der Waals surface area contributed by atoms with Crippen molar-refractivity contribution in [2.75, 3.05) is 13.7 Å². The summed E-state index contributed by atoms with van der Waals surface area (Å²) < 4.78 is 22.1. The average Bonchev–Trinajstić information content (AvgIpc) is 3.09. The Kier molecular flexibility index (Phi) is 7.48. The van der Waals surface area contributed by atoms with Crippen LogP contribution in [-0.4, -0.2) is 33.3 Å². The molecule has 1 amide bonds. The van der Waals surface area contributed by atoms with E-state index in [0.717, 1.165) is 11.3 Å². The summed E-state index contributed by atoms with van der Waals surface area (Å²) in [5.74, 6) is 1.44. The van der Waals surface area contributed by atoms with E-state index in [1.165, 1.54) is 0 Å². The second-order valence-electron chi connectivity index (χ2n) is 8.55. The first kappa shape index (κ1) is 23.0. The topological polar surface area (TPSA) is 96.8 Å². The molecule has 8 heteroatoms. The zero-order chi connectivity index (χ0) is 21.7. The smallest absolute Gasteiger partial charge is 0.405 e. The molecule has 0 unspecified atom stereocenters. The number of ether oxygens (including phenoxy) is 2. The molecular weight excluding hydrogens is 388 g/mol. The van der Waals surface area contributed by atoms with E-state index in [2.05, 4.69) is 39.0 Å². The summed E-state index contributed by atoms with van der Waals surface area (Å²) in [6.07, 6.45) is -0.445. The molecule has 2 aromatic rings. The van der Waals surface area contributed by atoms with Gasteiger partial charge in [0.05, 0.1) is 7.11 Å². The molecule has 29 heavy (non-hydrogen) atoms. The van der Waals surface area contributed by atoms with E-state index < -0.39 is 20.5 Å². The molecule has 0 bridgehead atoms. The highest BCUT2D eigenvalue weighted by atomic mass is 28.4. The molecule has 1 aromatic heterocycles. The summed E-state index contributed by atoms with van der Waals surface area (Å²) in [7, 11) is -0.202. The summed E-state index contributed by atoms with van der Waals surface area (Å²) in [4.78, 5) is 11.4. The monoisotopic (exact) mass is 420 g/mol. The second-order valence-corrected chi connectivity index (χ2v) is 13.4. The highest BCUT2D eigenvalue weighted by Crippen LogP contribution is 2.36. The number of hydrogen-bond acceptors (Lipinski definition) is 6. The number of rotatable bonds is 9. The molecule has 0 aliphatic heterocycles. The third-order valence-electron chi connectivity index (χ3n) is 5.36. The molecule has 0 saturated carbocycles. The molecule has 1 heterocycles. The Morgan fingerprint density at radius 3 is 2.45 bits per heavy atom. The van der Waals surface area contributed by atoms with Gasteiger partial charge < -0.3 is 24.2 Å². The van der Waals surface area contributed by atoms with Crippen LogP contribution in [0.15, 0.2) is 34.9 Å². The Morgan fingerprint density at radius 1 is 1.24 bits per heavy atom. The second kappa shape index (κ2) is 9.45. The minimum atomic E-state index is -1.81. The Bertz CT molecular complexity index is 796. The van der Waals surface area contributed by atoms with Crippen molar-refractivity contribution in [3.05, 3.63) is 47.3 Å². The lowest BCUT2D eigenvalue weighted by Gasteiger charge is -2.36. The van der Waals surface area contributed by atoms with Crippen molar-refractivity contribution in [2.24, 2.45) is 5.73 Å². The minimum Gasteiger partial charge on any atom is -0.497 e. The number of hydrogen-bond donors (Lipinski definition) is 1. The van der Waals surface area contributed by atoms with Gasteiger partial charge in [-0.25, -0.2) is 4.79 Å². The van der Waals surface area contributed by atoms with Crippen LogP contribution in [0.2, 0.25) is 18.1 Å². The van der Waals surface area contributed by atoms with Gasteiger partial charge in [-0.15, -0.1) is 0 Å². The maximum Gasteiger partial charge on any atom is 0.405 e. The summed E-state index contributed by atoms with van der Waals surface area (Å²) in [5.41, 5.74) is 6.74. The zero-order valence-electron chi connectivity index (χ0n) is 18.2. The molecule has 160 valence electrons. The van der Waals surface area contributed by atoms with Gasteiger partial charge in [-0.2, -0.15) is 0 Å². The predicted molar refractivity (Wildman–Crippen MR) is 113 cm³/mol. The van der Waals surface area contributed by atoms with E-state index in [9.17, 15) is 4.79 Å². The fourth-order valence-electron chi connectivity index (χ4n) is 2.54. The minimum absolute atomic E-state index is 0.151. The predicted octanol–water partition coefficient (Wildman–Crippen LogP) is 4.63. The van der Waals surface area contributed by atoms with Crippen LogP contribution < -0.4 is 10.5 Å². The first-order chi connectivity index (χ1) is 13.5. The lowest BCUT2D eigenvalue weighted by molar-refractivity contribution is 0.102. The van der Waals surface area contributed by atoms with Gasteiger partial charge >= 0.3 is 6.09 Å². The van der Waals surface area contributed by atoms with Crippen molar-refractivity contribution in [2.45, 2.75) is 57.8 Å². The van der Waals surface area contributed by atoms with E-state index in [1.54, 1.807) is 13.2 Å². The number of amides is 1. The molecule has 1 atom stereocenters. The van der Waals surface area contributed by atoms with Crippen molar-refractivity contribution >= 4 is 14.4 Å². The Labute approximate surface area is 173 Å². The van der Waals surface area contributed by atoms with Crippen molar-refractivity contribution in [1.82, 2.24) is 5.16 Å². The van der Waals surface area contributed by atoms with E-state index in [-0.39, 0.29) is 5.04 Å². The molecule has 1 aromatic carbocycles. The first-order valence-corrected chi connectivity index (χ1v) is 12.6. The SMILES string of the molecule is COc1ccc(C[C@H](OC(N)=O)c2cc(CCO[Si](C)(C)C(C)(C)C)on2)cc1. The Balaban J connectivity index is 2.03. The van der Waals surface area contributed by atoms with Gasteiger partial charge in [0.2, 0.25) is 0 Å². The highest BCUT2D eigenvalue weighted by Gasteiger charge is 2.37. The number of nitrogens with zero attached hydrogens (tertiary/aromatic N) is 1. The van der Waals surface area contributed by atoms with Crippen LogP contribution in [0.25, 0.3) is 0 Å². The van der Waals surface area contributed by atoms with Gasteiger partial charge in [-0.1, -0.05) is 38.1 Å². The van der Waals surface area contributed by atoms with Crippen LogP contribution >= 0.6 is 0 Å². The molecular formula is C21H32N2O5Si. The fourth-order valence-corrected chi connectivity index (χ4v) is 3.59. The first-order valence-electron chi connectivity index (χ1n) is 9.70. The zero-order valence-corrected chi connectivity index (χ0v) is 19.2. The number of carbonyl (C=O) groups excluding carboxylic acids is 1. The quantitative estimate of drug-likeness (QED) is 0.594.